The van der Waals surface area contributed by atoms with Crippen LogP contribution in [0.3, 0.4) is 0 Å². The lowest BCUT2D eigenvalue weighted by Crippen LogP contribution is -2.28. The van der Waals surface area contributed by atoms with Gasteiger partial charge in [0.2, 0.25) is 0 Å². The first-order chi connectivity index (χ1) is 7.38. The average molecular weight is 300 g/mol. The van der Waals surface area contributed by atoms with Gasteiger partial charge in [-0.15, -0.1) is 0 Å². The highest BCUT2D eigenvalue weighted by atomic mass is 79.9. The van der Waals surface area contributed by atoms with E-state index >= 15 is 0 Å². The van der Waals surface area contributed by atoms with Gasteiger partial charge in [0.15, 0.2) is 5.82 Å². The fourth-order valence-electron chi connectivity index (χ4n) is 1.24. The van der Waals surface area contributed by atoms with E-state index < -0.39 is 11.0 Å². The van der Waals surface area contributed by atoms with E-state index in [9.17, 15) is 13.2 Å². The highest BCUT2D eigenvalue weighted by Crippen LogP contribution is 2.27. The van der Waals surface area contributed by atoms with Crippen molar-refractivity contribution in [3.8, 4) is 0 Å². The van der Waals surface area contributed by atoms with Gasteiger partial charge >= 0.3 is 6.18 Å². The fraction of sp³-hybridized carbons (Fsp3) is 0.778. The minimum Gasteiger partial charge on any atom is -0.248 e. The van der Waals surface area contributed by atoms with Gasteiger partial charge in [-0.1, -0.05) is 29.8 Å². The van der Waals surface area contributed by atoms with Crippen molar-refractivity contribution in [1.82, 2.24) is 14.8 Å². The van der Waals surface area contributed by atoms with Gasteiger partial charge in [-0.05, 0) is 0 Å². The van der Waals surface area contributed by atoms with Crippen molar-refractivity contribution >= 4 is 15.9 Å². The molecule has 0 spiro atoms. The standard InChI is InChI=1S/C9H13BrF3N3/c1-3-7-14-8(4-2)16(15-7)5-6(10)9(11,12)13/h6H,3-5H2,1-2H3. The van der Waals surface area contributed by atoms with Crippen LogP contribution in [0.2, 0.25) is 0 Å². The van der Waals surface area contributed by atoms with Crippen LogP contribution in [-0.2, 0) is 19.4 Å². The molecule has 0 radical (unpaired) electrons. The molecule has 0 fully saturated rings. The van der Waals surface area contributed by atoms with Crippen LogP contribution in [0.1, 0.15) is 25.5 Å². The Kier molecular flexibility index (Phi) is 4.35. The maximum Gasteiger partial charge on any atom is 0.403 e. The van der Waals surface area contributed by atoms with Gasteiger partial charge in [0.05, 0.1) is 6.54 Å². The quantitative estimate of drug-likeness (QED) is 0.801. The summed E-state index contributed by atoms with van der Waals surface area (Å²) in [5, 5.41) is 4.03. The predicted octanol–water partition coefficient (Wildman–Crippen LogP) is 2.73. The van der Waals surface area contributed by atoms with Gasteiger partial charge in [0, 0.05) is 12.8 Å². The Morgan fingerprint density at radius 2 is 1.94 bits per heavy atom. The molecule has 1 aromatic rings. The van der Waals surface area contributed by atoms with E-state index in [-0.39, 0.29) is 6.54 Å². The summed E-state index contributed by atoms with van der Waals surface area (Å²) in [6.07, 6.45) is -3.06. The molecule has 7 heteroatoms. The molecule has 0 amide bonds. The molecule has 0 aliphatic carbocycles. The van der Waals surface area contributed by atoms with E-state index in [1.54, 1.807) is 0 Å². The third-order valence-corrected chi connectivity index (χ3v) is 2.92. The molecule has 16 heavy (non-hydrogen) atoms. The SMILES string of the molecule is CCc1nc(CC)n(CC(Br)C(F)(F)F)n1. The van der Waals surface area contributed by atoms with Gasteiger partial charge in [-0.25, -0.2) is 9.67 Å². The summed E-state index contributed by atoms with van der Waals surface area (Å²) < 4.78 is 38.4. The summed E-state index contributed by atoms with van der Waals surface area (Å²) in [6.45, 7) is 3.48. The molecule has 1 heterocycles. The van der Waals surface area contributed by atoms with Crippen molar-refractivity contribution in [2.45, 2.75) is 44.2 Å². The number of hydrogen-bond donors (Lipinski definition) is 0. The second-order valence-electron chi connectivity index (χ2n) is 3.34. The normalized spacial score (nSPS) is 14.1. The number of alkyl halides is 4. The Morgan fingerprint density at radius 1 is 1.31 bits per heavy atom. The van der Waals surface area contributed by atoms with Gasteiger partial charge in [0.25, 0.3) is 0 Å². The lowest BCUT2D eigenvalue weighted by molar-refractivity contribution is -0.129. The van der Waals surface area contributed by atoms with Gasteiger partial charge in [-0.3, -0.25) is 0 Å². The maximum absolute atomic E-state index is 12.4. The zero-order chi connectivity index (χ0) is 12.3. The van der Waals surface area contributed by atoms with E-state index in [1.165, 1.54) is 4.68 Å². The summed E-state index contributed by atoms with van der Waals surface area (Å²) in [5.74, 6) is 1.17. The van der Waals surface area contributed by atoms with E-state index in [1.807, 2.05) is 13.8 Å². The van der Waals surface area contributed by atoms with Crippen molar-refractivity contribution < 1.29 is 13.2 Å². The molecule has 1 atom stereocenters. The molecular weight excluding hydrogens is 287 g/mol. The highest BCUT2D eigenvalue weighted by Gasteiger charge is 2.38. The third-order valence-electron chi connectivity index (χ3n) is 2.11. The average Bonchev–Trinajstić information content (AvgIpc) is 2.59. The zero-order valence-corrected chi connectivity index (χ0v) is 10.6. The molecule has 0 aliphatic rings. The number of halogens is 4. The van der Waals surface area contributed by atoms with Gasteiger partial charge in [0.1, 0.15) is 10.7 Å². The van der Waals surface area contributed by atoms with E-state index in [0.29, 0.717) is 24.5 Å². The lowest BCUT2D eigenvalue weighted by Gasteiger charge is -2.14. The lowest BCUT2D eigenvalue weighted by atomic mass is 10.4. The van der Waals surface area contributed by atoms with Crippen LogP contribution in [0.5, 0.6) is 0 Å². The van der Waals surface area contributed by atoms with Crippen molar-refractivity contribution in [3.05, 3.63) is 11.6 Å². The predicted molar refractivity (Wildman–Crippen MR) is 57.5 cm³/mol. The molecule has 0 aromatic carbocycles. The number of hydrogen-bond acceptors (Lipinski definition) is 2. The number of rotatable bonds is 4. The van der Waals surface area contributed by atoms with Crippen LogP contribution in [0, 0.1) is 0 Å². The molecule has 1 unspecified atom stereocenters. The highest BCUT2D eigenvalue weighted by molar-refractivity contribution is 9.09. The number of aromatic nitrogens is 3. The van der Waals surface area contributed by atoms with Crippen molar-refractivity contribution in [1.29, 1.82) is 0 Å². The van der Waals surface area contributed by atoms with Crippen LogP contribution in [0.15, 0.2) is 0 Å². The fourth-order valence-corrected chi connectivity index (χ4v) is 1.51. The smallest absolute Gasteiger partial charge is 0.248 e. The summed E-state index contributed by atoms with van der Waals surface area (Å²) in [5.41, 5.74) is 0. The van der Waals surface area contributed by atoms with Crippen LogP contribution < -0.4 is 0 Å². The maximum atomic E-state index is 12.4. The van der Waals surface area contributed by atoms with E-state index in [0.717, 1.165) is 0 Å². The topological polar surface area (TPSA) is 30.7 Å². The Bertz CT molecular complexity index is 348. The molecule has 92 valence electrons. The molecule has 3 nitrogen and oxygen atoms in total. The first-order valence-corrected chi connectivity index (χ1v) is 5.93. The van der Waals surface area contributed by atoms with Crippen LogP contribution in [-0.4, -0.2) is 25.8 Å². The Hall–Kier alpha value is -0.590. The Labute approximate surface area is 100 Å². The first kappa shape index (κ1) is 13.5. The second kappa shape index (κ2) is 5.16. The monoisotopic (exact) mass is 299 g/mol. The van der Waals surface area contributed by atoms with Crippen molar-refractivity contribution in [2.75, 3.05) is 0 Å². The molecule has 0 saturated heterocycles. The van der Waals surface area contributed by atoms with E-state index in [4.69, 9.17) is 0 Å². The summed E-state index contributed by atoms with van der Waals surface area (Å²) in [4.78, 5) is 2.56. The van der Waals surface area contributed by atoms with Crippen LogP contribution >= 0.6 is 15.9 Å². The molecule has 0 saturated carbocycles. The van der Waals surface area contributed by atoms with Crippen LogP contribution in [0.25, 0.3) is 0 Å². The second-order valence-corrected chi connectivity index (χ2v) is 4.45. The van der Waals surface area contributed by atoms with Crippen molar-refractivity contribution in [3.63, 3.8) is 0 Å². The van der Waals surface area contributed by atoms with Gasteiger partial charge in [-0.2, -0.15) is 18.3 Å². The minimum atomic E-state index is -4.26. The summed E-state index contributed by atoms with van der Waals surface area (Å²) >= 11 is 2.62. The largest absolute Gasteiger partial charge is 0.403 e. The molecule has 0 N–H and O–H groups in total. The van der Waals surface area contributed by atoms with E-state index in [2.05, 4.69) is 26.0 Å². The summed E-state index contributed by atoms with van der Waals surface area (Å²) in [7, 11) is 0. The summed E-state index contributed by atoms with van der Waals surface area (Å²) in [6, 6.07) is 0. The zero-order valence-electron chi connectivity index (χ0n) is 9.05. The van der Waals surface area contributed by atoms with Crippen LogP contribution in [0.4, 0.5) is 13.2 Å². The first-order valence-electron chi connectivity index (χ1n) is 5.01. The molecule has 0 aliphatic heterocycles. The Morgan fingerprint density at radius 3 is 2.38 bits per heavy atom. The molecule has 1 aromatic heterocycles. The number of aryl methyl sites for hydroxylation is 2. The number of nitrogens with zero attached hydrogens (tertiary/aromatic N) is 3. The molecule has 0 bridgehead atoms. The third kappa shape index (κ3) is 3.20. The minimum absolute atomic E-state index is 0.236. The molecule has 1 rings (SSSR count). The van der Waals surface area contributed by atoms with Crippen molar-refractivity contribution in [2.24, 2.45) is 0 Å². The Balaban J connectivity index is 2.83. The van der Waals surface area contributed by atoms with Gasteiger partial charge < -0.3 is 0 Å². The molecular formula is C9H13BrF3N3.